The summed E-state index contributed by atoms with van der Waals surface area (Å²) >= 11 is 19.8. The number of methoxy groups -OCH3 is 3. The maximum absolute atomic E-state index is 13.1. The van der Waals surface area contributed by atoms with E-state index in [4.69, 9.17) is 68.7 Å². The summed E-state index contributed by atoms with van der Waals surface area (Å²) in [6.45, 7) is 19.8. The number of nitrogens with zero attached hydrogens (tertiary/aromatic N) is 15. The normalized spacial score (nSPS) is 19.3. The zero-order chi connectivity index (χ0) is 81.7. The first-order valence-electron chi connectivity index (χ1n) is 40.0. The predicted molar refractivity (Wildman–Crippen MR) is 461 cm³/mol. The number of aromatic nitrogens is 9. The van der Waals surface area contributed by atoms with Crippen molar-refractivity contribution in [1.29, 1.82) is 0 Å². The summed E-state index contributed by atoms with van der Waals surface area (Å²) in [5, 5.41) is 8.36. The molecule has 3 aromatic carbocycles. The fraction of sp³-hybridized carbons (Fsp3) is 0.433. The molecule has 6 aromatic heterocycles. The van der Waals surface area contributed by atoms with Gasteiger partial charge in [-0.2, -0.15) is 0 Å². The first kappa shape index (κ1) is 85.3. The van der Waals surface area contributed by atoms with Gasteiger partial charge in [-0.25, -0.2) is 29.3 Å². The molecule has 618 valence electrons. The lowest BCUT2D eigenvalue weighted by Crippen LogP contribution is -2.55. The Kier molecular flexibility index (Phi) is 27.1. The molecular formula is C90H110Cl3N17O7. The Hall–Kier alpha value is -9.60. The highest BCUT2D eigenvalue weighted by molar-refractivity contribution is 6.31. The first-order valence-corrected chi connectivity index (χ1v) is 41.2. The molecule has 3 saturated heterocycles. The van der Waals surface area contributed by atoms with Crippen LogP contribution in [0.15, 0.2) is 147 Å². The van der Waals surface area contributed by atoms with Crippen molar-refractivity contribution in [2.45, 2.75) is 135 Å². The molecule has 4 fully saturated rings. The van der Waals surface area contributed by atoms with E-state index in [2.05, 4.69) is 94.9 Å². The summed E-state index contributed by atoms with van der Waals surface area (Å²) in [5.41, 5.74) is 17.6. The van der Waals surface area contributed by atoms with Crippen LogP contribution in [0.25, 0.3) is 34.9 Å². The number of piperazine rings is 3. The van der Waals surface area contributed by atoms with Crippen molar-refractivity contribution in [3.63, 3.8) is 0 Å². The number of urea groups is 2. The lowest BCUT2D eigenvalue weighted by atomic mass is 9.91. The van der Waals surface area contributed by atoms with Crippen LogP contribution >= 0.6 is 34.8 Å². The molecule has 5 amide bonds. The smallest absolute Gasteiger partial charge is 0.410 e. The average molecular weight is 1650 g/mol. The van der Waals surface area contributed by atoms with Gasteiger partial charge in [-0.05, 0) is 194 Å². The summed E-state index contributed by atoms with van der Waals surface area (Å²) in [4.78, 5) is 79.2. The largest absolute Gasteiger partial charge is 0.444 e. The highest BCUT2D eigenvalue weighted by Gasteiger charge is 2.41. The molecule has 9 aromatic rings. The average Bonchev–Trinajstić information content (AvgIpc) is 1.65. The highest BCUT2D eigenvalue weighted by atomic mass is 35.5. The second kappa shape index (κ2) is 37.1. The lowest BCUT2D eigenvalue weighted by molar-refractivity contribution is 0.0117. The van der Waals surface area contributed by atoms with Gasteiger partial charge in [0.25, 0.3) is 0 Å². The number of benzene rings is 3. The van der Waals surface area contributed by atoms with Crippen LogP contribution in [0.5, 0.6) is 0 Å². The molecule has 16 rings (SSSR count). The third kappa shape index (κ3) is 19.1. The molecule has 4 aliphatic carbocycles. The van der Waals surface area contributed by atoms with E-state index < -0.39 is 5.60 Å². The minimum absolute atomic E-state index is 0. The number of hydrogen-bond donors (Lipinski definition) is 2. The second-order valence-corrected chi connectivity index (χ2v) is 34.1. The van der Waals surface area contributed by atoms with Crippen molar-refractivity contribution < 1.29 is 33.3 Å². The van der Waals surface area contributed by atoms with E-state index in [1.807, 2.05) is 178 Å². The molecule has 2 N–H and O–H groups in total. The number of carbonyl (C=O) groups excluding carboxylic acids is 3. The summed E-state index contributed by atoms with van der Waals surface area (Å²) in [7, 11) is 11.1. The zero-order valence-electron chi connectivity index (χ0n) is 68.4. The Morgan fingerprint density at radius 3 is 1.09 bits per heavy atom. The van der Waals surface area contributed by atoms with Crippen molar-refractivity contribution in [2.75, 3.05) is 99.9 Å². The minimum Gasteiger partial charge on any atom is -0.444 e. The van der Waals surface area contributed by atoms with Gasteiger partial charge in [0, 0.05) is 166 Å². The number of nitrogens with one attached hydrogen (secondary N) is 2. The number of imidazole rings is 3. The van der Waals surface area contributed by atoms with Gasteiger partial charge >= 0.3 is 18.2 Å². The fourth-order valence-corrected chi connectivity index (χ4v) is 17.7. The number of rotatable bonds is 13. The molecule has 0 bridgehead atoms. The van der Waals surface area contributed by atoms with Crippen molar-refractivity contribution in [1.82, 2.24) is 83.6 Å². The monoisotopic (exact) mass is 1650 g/mol. The highest BCUT2D eigenvalue weighted by Crippen LogP contribution is 2.49. The third-order valence-corrected chi connectivity index (χ3v) is 23.5. The van der Waals surface area contributed by atoms with E-state index >= 15 is 0 Å². The van der Waals surface area contributed by atoms with E-state index in [0.717, 1.165) is 140 Å². The minimum atomic E-state index is -0.523. The molecular weight excluding hydrogens is 1540 g/mol. The van der Waals surface area contributed by atoms with Crippen LogP contribution in [0.1, 0.15) is 202 Å². The first-order chi connectivity index (χ1) is 55.8. The van der Waals surface area contributed by atoms with Crippen LogP contribution in [0.3, 0.4) is 0 Å². The van der Waals surface area contributed by atoms with Crippen LogP contribution < -0.4 is 10.6 Å². The van der Waals surface area contributed by atoms with Crippen molar-refractivity contribution in [2.24, 2.45) is 21.1 Å². The number of amides is 5. The van der Waals surface area contributed by atoms with Gasteiger partial charge < -0.3 is 58.0 Å². The van der Waals surface area contributed by atoms with Crippen molar-refractivity contribution in [3.8, 4) is 0 Å². The molecule has 0 radical (unpaired) electrons. The summed E-state index contributed by atoms with van der Waals surface area (Å²) in [6.07, 6.45) is 27.5. The van der Waals surface area contributed by atoms with E-state index in [1.165, 1.54) is 19.3 Å². The van der Waals surface area contributed by atoms with Crippen LogP contribution in [0, 0.1) is 0 Å². The van der Waals surface area contributed by atoms with E-state index in [0.29, 0.717) is 73.5 Å². The van der Waals surface area contributed by atoms with Crippen molar-refractivity contribution in [3.05, 3.63) is 246 Å². The van der Waals surface area contributed by atoms with Gasteiger partial charge in [0.05, 0.1) is 89.9 Å². The Bertz CT molecular complexity index is 4880. The molecule has 3 aliphatic heterocycles. The fourth-order valence-electron chi connectivity index (χ4n) is 17.2. The quantitative estimate of drug-likeness (QED) is 0.109. The van der Waals surface area contributed by atoms with Crippen molar-refractivity contribution >= 4 is 87.9 Å². The van der Waals surface area contributed by atoms with E-state index in [1.54, 1.807) is 45.2 Å². The van der Waals surface area contributed by atoms with Gasteiger partial charge in [0.2, 0.25) is 0 Å². The molecule has 24 nitrogen and oxygen atoms in total. The zero-order valence-corrected chi connectivity index (χ0v) is 70.6. The molecule has 3 unspecified atom stereocenters. The number of carbonyl (C=O) groups is 3. The Labute approximate surface area is 702 Å². The number of ether oxygens (including phenoxy) is 4. The third-order valence-electron chi connectivity index (χ3n) is 22.8. The van der Waals surface area contributed by atoms with Crippen LogP contribution in [0.4, 0.5) is 14.4 Å². The summed E-state index contributed by atoms with van der Waals surface area (Å²) in [5.74, 6) is 0. The number of aryl methyl sites for hydroxylation is 3. The van der Waals surface area contributed by atoms with Gasteiger partial charge in [-0.1, -0.05) is 97.9 Å². The Morgan fingerprint density at radius 1 is 0.453 bits per heavy atom. The maximum Gasteiger partial charge on any atom is 0.410 e. The number of halogens is 3. The number of pyridine rings is 3. The lowest BCUT2D eigenvalue weighted by Gasteiger charge is -2.40. The molecule has 7 aliphatic rings. The SMILES string of the molecule is C.COC(C1=Cc2cccnc2[C@@H](N2CCN(C(=O)NC(C)(C)C)CC2)c2ccc(Cl)cc21)c1cncn1C.COC(C1=Cc2cccnc2[C@@H](N2CCN(C(=O)NC3CCCCC3)CC2)c2ccc(Cl)cc21)c1cncn1C.COC(C1=Cc2cccnc2[C@@H](N2CCN(C(=O)OC(C)(C)C)CC2)c2ccc(Cl)cc21)c1cncn1C. The molecule has 9 heterocycles. The van der Waals surface area contributed by atoms with Gasteiger partial charge in [0.1, 0.15) is 23.9 Å². The molecule has 6 atom stereocenters. The van der Waals surface area contributed by atoms with Crippen LogP contribution in [-0.4, -0.2) is 208 Å². The summed E-state index contributed by atoms with van der Waals surface area (Å²) < 4.78 is 29.8. The predicted octanol–water partition coefficient (Wildman–Crippen LogP) is 16.4. The van der Waals surface area contributed by atoms with Gasteiger partial charge in [0.15, 0.2) is 0 Å². The van der Waals surface area contributed by atoms with E-state index in [9.17, 15) is 14.4 Å². The Morgan fingerprint density at radius 2 is 0.786 bits per heavy atom. The number of fused-ring (bicyclic) bond motifs is 6. The standard InChI is InChI=1S/C31H37ClN6O2.C29H35ClN6O2.C29H34ClN5O3.CH4/c1-36-20-33-19-27(36)30(40-2)26-17-21-7-6-12-34-28(21)29(24-11-10-22(32)18-25(24)26)37-13-15-38(16-14-37)31(39)35-23-8-4-3-5-9-23;1-29(2,3)33-28(37)36-13-11-35(12-14-36)26-21-9-8-20(30)16-22(21)23(15-19-7-6-10-32-25(19)26)27(38-5)24-17-31-18-34(24)4;1-29(2,3)38-28(36)35-13-11-34(12-14-35)26-21-9-8-20(30)16-22(21)23(15-19-7-6-10-32-25(19)26)27(37-5)24-17-31-18-33(24)4;/h6-7,10-12,17-20,23,29-30H,3-5,8-9,13-16H2,1-2H3,(H,35,39);6-10,15-18,26-27H,11-14H2,1-5H3,(H,33,37);6-10,15-18,26-27H,11-14H2,1-5H3;1H4/t29-,30?;2*26-,27?;/m000./s1. The van der Waals surface area contributed by atoms with Gasteiger partial charge in [-0.3, -0.25) is 29.7 Å². The molecule has 117 heavy (non-hydrogen) atoms. The van der Waals surface area contributed by atoms with Crippen LogP contribution in [0.2, 0.25) is 15.1 Å². The molecule has 0 spiro atoms. The summed E-state index contributed by atoms with van der Waals surface area (Å²) in [6, 6.07) is 30.5. The molecule has 1 saturated carbocycles. The topological polar surface area (TPSA) is 224 Å². The van der Waals surface area contributed by atoms with Gasteiger partial charge in [-0.15, -0.1) is 0 Å². The molecule has 27 heteroatoms. The van der Waals surface area contributed by atoms with Crippen LogP contribution in [-0.2, 0) is 40.1 Å². The second-order valence-electron chi connectivity index (χ2n) is 32.8. The van der Waals surface area contributed by atoms with E-state index in [-0.39, 0.29) is 67.6 Å². The maximum atomic E-state index is 13.1. The Balaban J connectivity index is 0.000000152. The number of hydrogen-bond acceptors (Lipinski definition) is 16.